The fourth-order valence-corrected chi connectivity index (χ4v) is 2.73. The molecule has 0 amide bonds. The van der Waals surface area contributed by atoms with Gasteiger partial charge in [-0.25, -0.2) is 0 Å². The van der Waals surface area contributed by atoms with Gasteiger partial charge in [0.2, 0.25) is 0 Å². The van der Waals surface area contributed by atoms with E-state index in [1.807, 2.05) is 24.3 Å². The summed E-state index contributed by atoms with van der Waals surface area (Å²) in [7, 11) is 3.30. The Hall–Kier alpha value is -1.78. The number of fused-ring (bicyclic) bond motifs is 2. The van der Waals surface area contributed by atoms with Gasteiger partial charge in [-0.2, -0.15) is 0 Å². The maximum absolute atomic E-state index is 9.69. The minimum Gasteiger partial charge on any atom is -0.496 e. The van der Waals surface area contributed by atoms with E-state index in [1.165, 1.54) is 0 Å². The Bertz CT molecular complexity index is 621. The average Bonchev–Trinajstić information content (AvgIpc) is 2.44. The zero-order valence-electron chi connectivity index (χ0n) is 11.0. The zero-order valence-corrected chi connectivity index (χ0v) is 11.0. The topological polar surface area (TPSA) is 47.9 Å². The maximum atomic E-state index is 9.69. The molecule has 4 heteroatoms. The fourth-order valence-electron chi connectivity index (χ4n) is 2.73. The van der Waals surface area contributed by atoms with Gasteiger partial charge >= 0.3 is 0 Å². The quantitative estimate of drug-likeness (QED) is 0.899. The Kier molecular flexibility index (Phi) is 3.05. The predicted molar refractivity (Wildman–Crippen MR) is 71.6 cm³/mol. The third kappa shape index (κ3) is 1.84. The minimum atomic E-state index is -0.785. The van der Waals surface area contributed by atoms with Crippen LogP contribution in [0.4, 0.5) is 0 Å². The van der Waals surface area contributed by atoms with Gasteiger partial charge in [0, 0.05) is 28.3 Å². The van der Waals surface area contributed by atoms with E-state index in [2.05, 4.69) is 0 Å². The highest BCUT2D eigenvalue weighted by molar-refractivity contribution is 5.96. The Morgan fingerprint density at radius 1 is 1.05 bits per heavy atom. The average molecular weight is 260 g/mol. The summed E-state index contributed by atoms with van der Waals surface area (Å²) in [5.41, 5.74) is 1.93. The van der Waals surface area contributed by atoms with Crippen molar-refractivity contribution in [2.45, 2.75) is 19.3 Å². The van der Waals surface area contributed by atoms with Crippen molar-refractivity contribution < 1.29 is 19.3 Å². The van der Waals surface area contributed by atoms with E-state index >= 15 is 0 Å². The Balaban J connectivity index is 2.38. The van der Waals surface area contributed by atoms with E-state index in [0.29, 0.717) is 13.0 Å². The second-order valence-corrected chi connectivity index (χ2v) is 4.54. The molecule has 1 unspecified atom stereocenters. The van der Waals surface area contributed by atoms with E-state index in [4.69, 9.17) is 14.2 Å². The van der Waals surface area contributed by atoms with Crippen LogP contribution in [0, 0.1) is 0 Å². The van der Waals surface area contributed by atoms with Crippen LogP contribution in [-0.2, 0) is 17.8 Å². The summed E-state index contributed by atoms with van der Waals surface area (Å²) in [5, 5.41) is 11.7. The number of aliphatic hydroxyl groups is 1. The molecule has 1 atom stereocenters. The molecule has 1 aliphatic rings. The van der Waals surface area contributed by atoms with Gasteiger partial charge in [-0.05, 0) is 0 Å². The van der Waals surface area contributed by atoms with Crippen LogP contribution in [0.1, 0.15) is 11.1 Å². The van der Waals surface area contributed by atoms with Crippen molar-refractivity contribution in [1.82, 2.24) is 0 Å². The molecule has 0 bridgehead atoms. The molecule has 4 nitrogen and oxygen atoms in total. The molecule has 3 rings (SSSR count). The maximum Gasteiger partial charge on any atom is 0.159 e. The molecule has 0 saturated heterocycles. The van der Waals surface area contributed by atoms with Gasteiger partial charge in [-0.1, -0.05) is 24.3 Å². The predicted octanol–water partition coefficient (Wildman–Crippen LogP) is 2.25. The first-order valence-electron chi connectivity index (χ1n) is 6.20. The van der Waals surface area contributed by atoms with Crippen LogP contribution in [-0.4, -0.2) is 25.6 Å². The van der Waals surface area contributed by atoms with Crippen LogP contribution in [0.3, 0.4) is 0 Å². The summed E-state index contributed by atoms with van der Waals surface area (Å²) in [6.07, 6.45) is -0.369. The zero-order chi connectivity index (χ0) is 13.4. The van der Waals surface area contributed by atoms with Gasteiger partial charge in [0.25, 0.3) is 0 Å². The molecule has 19 heavy (non-hydrogen) atoms. The van der Waals surface area contributed by atoms with Crippen molar-refractivity contribution in [3.63, 3.8) is 0 Å². The first-order valence-corrected chi connectivity index (χ1v) is 6.20. The Morgan fingerprint density at radius 3 is 2.21 bits per heavy atom. The monoisotopic (exact) mass is 260 g/mol. The van der Waals surface area contributed by atoms with Gasteiger partial charge in [0.15, 0.2) is 6.29 Å². The molecular weight excluding hydrogens is 244 g/mol. The first-order chi connectivity index (χ1) is 9.26. The van der Waals surface area contributed by atoms with Crippen LogP contribution >= 0.6 is 0 Å². The van der Waals surface area contributed by atoms with Crippen LogP contribution < -0.4 is 9.47 Å². The van der Waals surface area contributed by atoms with Gasteiger partial charge in [-0.3, -0.25) is 0 Å². The van der Waals surface area contributed by atoms with Crippen LogP contribution in [0.15, 0.2) is 24.3 Å². The van der Waals surface area contributed by atoms with Crippen LogP contribution in [0.25, 0.3) is 10.8 Å². The highest BCUT2D eigenvalue weighted by atomic mass is 16.6. The Labute approximate surface area is 111 Å². The lowest BCUT2D eigenvalue weighted by atomic mass is 9.94. The second-order valence-electron chi connectivity index (χ2n) is 4.54. The third-order valence-electron chi connectivity index (χ3n) is 3.54. The van der Waals surface area contributed by atoms with Crippen molar-refractivity contribution >= 4 is 10.8 Å². The number of hydrogen-bond donors (Lipinski definition) is 1. The van der Waals surface area contributed by atoms with Crippen LogP contribution in [0.2, 0.25) is 0 Å². The van der Waals surface area contributed by atoms with E-state index < -0.39 is 6.29 Å². The smallest absolute Gasteiger partial charge is 0.159 e. The normalized spacial score (nSPS) is 18.2. The van der Waals surface area contributed by atoms with Gasteiger partial charge in [0.1, 0.15) is 11.5 Å². The minimum absolute atomic E-state index is 0.334. The molecule has 0 aliphatic carbocycles. The summed E-state index contributed by atoms with van der Waals surface area (Å²) in [6, 6.07) is 7.93. The van der Waals surface area contributed by atoms with E-state index in [0.717, 1.165) is 33.4 Å². The lowest BCUT2D eigenvalue weighted by Gasteiger charge is -2.26. The molecule has 1 aliphatic heterocycles. The number of hydrogen-bond acceptors (Lipinski definition) is 4. The van der Waals surface area contributed by atoms with Crippen molar-refractivity contribution in [1.29, 1.82) is 0 Å². The van der Waals surface area contributed by atoms with Crippen molar-refractivity contribution in [2.24, 2.45) is 0 Å². The summed E-state index contributed by atoms with van der Waals surface area (Å²) in [6.45, 7) is 0.334. The number of aliphatic hydroxyl groups excluding tert-OH is 1. The van der Waals surface area contributed by atoms with E-state index in [1.54, 1.807) is 14.2 Å². The molecule has 0 aromatic heterocycles. The van der Waals surface area contributed by atoms with Crippen LogP contribution in [0.5, 0.6) is 11.5 Å². The molecule has 1 heterocycles. The first kappa shape index (κ1) is 12.3. The molecule has 0 spiro atoms. The molecule has 1 N–H and O–H groups in total. The van der Waals surface area contributed by atoms with Gasteiger partial charge < -0.3 is 19.3 Å². The summed E-state index contributed by atoms with van der Waals surface area (Å²) < 4.78 is 16.4. The fraction of sp³-hybridized carbons (Fsp3) is 0.333. The number of benzene rings is 2. The lowest BCUT2D eigenvalue weighted by molar-refractivity contribution is -0.115. The lowest BCUT2D eigenvalue weighted by Crippen LogP contribution is -2.23. The van der Waals surface area contributed by atoms with Crippen molar-refractivity contribution in [2.75, 3.05) is 14.2 Å². The number of ether oxygens (including phenoxy) is 3. The largest absolute Gasteiger partial charge is 0.496 e. The van der Waals surface area contributed by atoms with Crippen molar-refractivity contribution in [3.8, 4) is 11.5 Å². The molecule has 0 saturated carbocycles. The highest BCUT2D eigenvalue weighted by Crippen LogP contribution is 2.43. The molecule has 0 radical (unpaired) electrons. The standard InChI is InChI=1S/C15H16O4/c1-17-14-9-5-3-4-6-10(9)15(18-2)12-8-19-13(16)7-11(12)14/h3-6,13,16H,7-8H2,1-2H3. The van der Waals surface area contributed by atoms with E-state index in [-0.39, 0.29) is 0 Å². The number of methoxy groups -OCH3 is 2. The molecule has 100 valence electrons. The second kappa shape index (κ2) is 4.72. The van der Waals surface area contributed by atoms with Gasteiger partial charge in [0.05, 0.1) is 20.8 Å². The summed E-state index contributed by atoms with van der Waals surface area (Å²) in [5.74, 6) is 1.60. The summed E-state index contributed by atoms with van der Waals surface area (Å²) in [4.78, 5) is 0. The molecule has 2 aromatic carbocycles. The van der Waals surface area contributed by atoms with Gasteiger partial charge in [-0.15, -0.1) is 0 Å². The number of rotatable bonds is 2. The molecule has 2 aromatic rings. The SMILES string of the molecule is COc1c2c(c(OC)c3ccccc13)CC(O)OC2. The Morgan fingerprint density at radius 2 is 1.63 bits per heavy atom. The van der Waals surface area contributed by atoms with Crippen molar-refractivity contribution in [3.05, 3.63) is 35.4 Å². The third-order valence-corrected chi connectivity index (χ3v) is 3.54. The summed E-state index contributed by atoms with van der Waals surface area (Å²) >= 11 is 0. The molecular formula is C15H16O4. The molecule has 0 fully saturated rings. The highest BCUT2D eigenvalue weighted by Gasteiger charge is 2.26. The van der Waals surface area contributed by atoms with E-state index in [9.17, 15) is 5.11 Å².